The zero-order valence-corrected chi connectivity index (χ0v) is 9.68. The number of carbonyl (C=O) groups excluding carboxylic acids is 1. The largest absolute Gasteiger partial charge is 0.305 e. The highest BCUT2D eigenvalue weighted by molar-refractivity contribution is 5.91. The molecule has 0 fully saturated rings. The van der Waals surface area contributed by atoms with Crippen LogP contribution in [0, 0.1) is 0 Å². The molecule has 90 valence electrons. The summed E-state index contributed by atoms with van der Waals surface area (Å²) in [6.07, 6.45) is 2.71. The lowest BCUT2D eigenvalue weighted by Crippen LogP contribution is -2.30. The molecule has 0 unspecified atom stereocenters. The van der Waals surface area contributed by atoms with E-state index in [1.807, 2.05) is 12.5 Å². The van der Waals surface area contributed by atoms with Crippen molar-refractivity contribution in [1.29, 1.82) is 0 Å². The average Bonchev–Trinajstić information content (AvgIpc) is 2.74. The lowest BCUT2D eigenvalue weighted by molar-refractivity contribution is 0.0948. The molecule has 1 aromatic heterocycles. The van der Waals surface area contributed by atoms with Gasteiger partial charge < -0.3 is 4.90 Å². The van der Waals surface area contributed by atoms with Crippen LogP contribution in [0.4, 0.5) is 0 Å². The van der Waals surface area contributed by atoms with E-state index >= 15 is 0 Å². The van der Waals surface area contributed by atoms with E-state index in [9.17, 15) is 4.79 Å². The first-order valence-electron chi connectivity index (χ1n) is 5.27. The number of likely N-dealkylation sites (N-methyl/N-ethyl adjacent to an activating group) is 1. The first-order chi connectivity index (χ1) is 7.67. The van der Waals surface area contributed by atoms with Crippen molar-refractivity contribution in [2.45, 2.75) is 19.9 Å². The fourth-order valence-corrected chi connectivity index (χ4v) is 1.35. The fraction of sp³-hybridized carbons (Fsp3) is 0.667. The Bertz CT molecular complexity index is 336. The Morgan fingerprint density at radius 2 is 2.38 bits per heavy atom. The predicted molar refractivity (Wildman–Crippen MR) is 59.5 cm³/mol. The third-order valence-electron chi connectivity index (χ3n) is 2.22. The SMILES string of the molecule is CCCN(C)CCn1cc(C(=O)NN)nn1. The second-order valence-electron chi connectivity index (χ2n) is 3.64. The van der Waals surface area contributed by atoms with Crippen LogP contribution in [0.2, 0.25) is 0 Å². The summed E-state index contributed by atoms with van der Waals surface area (Å²) in [4.78, 5) is 13.3. The van der Waals surface area contributed by atoms with Gasteiger partial charge in [0.2, 0.25) is 0 Å². The predicted octanol–water partition coefficient (Wildman–Crippen LogP) is -0.777. The molecule has 0 aliphatic rings. The van der Waals surface area contributed by atoms with Gasteiger partial charge in [-0.15, -0.1) is 5.10 Å². The van der Waals surface area contributed by atoms with E-state index in [1.165, 1.54) is 0 Å². The van der Waals surface area contributed by atoms with Gasteiger partial charge in [0.05, 0.1) is 12.7 Å². The van der Waals surface area contributed by atoms with Crippen molar-refractivity contribution < 1.29 is 4.79 Å². The van der Waals surface area contributed by atoms with Gasteiger partial charge in [0.15, 0.2) is 5.69 Å². The van der Waals surface area contributed by atoms with Crippen LogP contribution < -0.4 is 11.3 Å². The molecule has 0 saturated heterocycles. The van der Waals surface area contributed by atoms with E-state index in [1.54, 1.807) is 10.9 Å². The van der Waals surface area contributed by atoms with Crippen LogP contribution in [0.15, 0.2) is 6.20 Å². The van der Waals surface area contributed by atoms with Crippen LogP contribution in [0.5, 0.6) is 0 Å². The van der Waals surface area contributed by atoms with E-state index in [-0.39, 0.29) is 5.69 Å². The molecule has 0 aliphatic carbocycles. The third kappa shape index (κ3) is 3.59. The molecule has 0 saturated carbocycles. The van der Waals surface area contributed by atoms with Gasteiger partial charge in [0, 0.05) is 6.54 Å². The van der Waals surface area contributed by atoms with Crippen LogP contribution in [-0.2, 0) is 6.54 Å². The van der Waals surface area contributed by atoms with Gasteiger partial charge in [0.1, 0.15) is 0 Å². The smallest absolute Gasteiger partial charge is 0.287 e. The van der Waals surface area contributed by atoms with Gasteiger partial charge in [-0.25, -0.2) is 5.84 Å². The zero-order chi connectivity index (χ0) is 12.0. The van der Waals surface area contributed by atoms with Crippen molar-refractivity contribution in [3.8, 4) is 0 Å². The van der Waals surface area contributed by atoms with E-state index in [2.05, 4.69) is 22.1 Å². The van der Waals surface area contributed by atoms with Crippen molar-refractivity contribution in [2.75, 3.05) is 20.1 Å². The number of nitrogens with two attached hydrogens (primary N) is 1. The molecular formula is C9H18N6O. The minimum atomic E-state index is -0.423. The molecule has 0 bridgehead atoms. The Kier molecular flexibility index (Phi) is 4.87. The molecule has 3 N–H and O–H groups in total. The summed E-state index contributed by atoms with van der Waals surface area (Å²) in [5, 5.41) is 7.55. The normalized spacial score (nSPS) is 10.8. The maximum atomic E-state index is 11.1. The highest BCUT2D eigenvalue weighted by Crippen LogP contribution is 1.94. The Morgan fingerprint density at radius 3 is 3.00 bits per heavy atom. The summed E-state index contributed by atoms with van der Waals surface area (Å²) in [7, 11) is 2.05. The summed E-state index contributed by atoms with van der Waals surface area (Å²) >= 11 is 0. The van der Waals surface area contributed by atoms with Gasteiger partial charge >= 0.3 is 0 Å². The van der Waals surface area contributed by atoms with Crippen molar-refractivity contribution in [2.24, 2.45) is 5.84 Å². The maximum absolute atomic E-state index is 11.1. The van der Waals surface area contributed by atoms with E-state index in [0.29, 0.717) is 6.54 Å². The Balaban J connectivity index is 2.43. The Hall–Kier alpha value is -1.47. The lowest BCUT2D eigenvalue weighted by Gasteiger charge is -2.14. The highest BCUT2D eigenvalue weighted by Gasteiger charge is 2.08. The molecule has 16 heavy (non-hydrogen) atoms. The second kappa shape index (κ2) is 6.19. The van der Waals surface area contributed by atoms with Crippen LogP contribution in [-0.4, -0.2) is 45.9 Å². The van der Waals surface area contributed by atoms with Crippen molar-refractivity contribution in [3.63, 3.8) is 0 Å². The summed E-state index contributed by atoms with van der Waals surface area (Å²) in [5.74, 6) is 4.57. The van der Waals surface area contributed by atoms with Gasteiger partial charge in [0.25, 0.3) is 5.91 Å². The number of nitrogens with one attached hydrogen (secondary N) is 1. The summed E-state index contributed by atoms with van der Waals surface area (Å²) in [5.41, 5.74) is 2.25. The number of amides is 1. The monoisotopic (exact) mass is 226 g/mol. The molecule has 1 amide bonds. The molecule has 1 aromatic rings. The highest BCUT2D eigenvalue weighted by atomic mass is 16.2. The minimum Gasteiger partial charge on any atom is -0.305 e. The molecule has 0 aliphatic heterocycles. The van der Waals surface area contributed by atoms with Gasteiger partial charge in [-0.05, 0) is 20.0 Å². The molecule has 1 heterocycles. The first-order valence-corrected chi connectivity index (χ1v) is 5.27. The Morgan fingerprint density at radius 1 is 1.62 bits per heavy atom. The number of rotatable bonds is 6. The summed E-state index contributed by atoms with van der Waals surface area (Å²) in [6.45, 7) is 4.77. The number of nitrogen functional groups attached to an aromatic ring is 1. The van der Waals surface area contributed by atoms with Crippen LogP contribution in [0.1, 0.15) is 23.8 Å². The molecule has 0 aromatic carbocycles. The van der Waals surface area contributed by atoms with Crippen LogP contribution in [0.25, 0.3) is 0 Å². The molecule has 0 radical (unpaired) electrons. The third-order valence-corrected chi connectivity index (χ3v) is 2.22. The number of hydrazine groups is 1. The van der Waals surface area contributed by atoms with E-state index in [4.69, 9.17) is 5.84 Å². The van der Waals surface area contributed by atoms with Gasteiger partial charge in [-0.3, -0.25) is 14.9 Å². The van der Waals surface area contributed by atoms with E-state index < -0.39 is 5.91 Å². The van der Waals surface area contributed by atoms with Crippen molar-refractivity contribution >= 4 is 5.91 Å². The molecule has 0 spiro atoms. The minimum absolute atomic E-state index is 0.237. The van der Waals surface area contributed by atoms with Crippen molar-refractivity contribution in [3.05, 3.63) is 11.9 Å². The summed E-state index contributed by atoms with van der Waals surface area (Å²) in [6, 6.07) is 0. The quantitative estimate of drug-likeness (QED) is 0.377. The number of aromatic nitrogens is 3. The number of hydrogen-bond donors (Lipinski definition) is 2. The number of hydrogen-bond acceptors (Lipinski definition) is 5. The second-order valence-corrected chi connectivity index (χ2v) is 3.64. The van der Waals surface area contributed by atoms with Gasteiger partial charge in [-0.1, -0.05) is 12.1 Å². The van der Waals surface area contributed by atoms with Crippen LogP contribution in [0.3, 0.4) is 0 Å². The first kappa shape index (κ1) is 12.6. The average molecular weight is 226 g/mol. The molecule has 7 heteroatoms. The maximum Gasteiger partial charge on any atom is 0.287 e. The molecule has 0 atom stereocenters. The summed E-state index contributed by atoms with van der Waals surface area (Å²) < 4.78 is 1.64. The Labute approximate surface area is 94.6 Å². The lowest BCUT2D eigenvalue weighted by atomic mass is 10.4. The van der Waals surface area contributed by atoms with E-state index in [0.717, 1.165) is 19.5 Å². The molecule has 7 nitrogen and oxygen atoms in total. The van der Waals surface area contributed by atoms with Crippen molar-refractivity contribution in [1.82, 2.24) is 25.3 Å². The molecule has 1 rings (SSSR count). The molecular weight excluding hydrogens is 208 g/mol. The fourth-order valence-electron chi connectivity index (χ4n) is 1.35. The standard InChI is InChI=1S/C9H18N6O/c1-3-4-14(2)5-6-15-7-8(12-13-15)9(16)11-10/h7H,3-6,10H2,1-2H3,(H,11,16). The number of nitrogens with zero attached hydrogens (tertiary/aromatic N) is 4. The zero-order valence-electron chi connectivity index (χ0n) is 9.68. The van der Waals surface area contributed by atoms with Gasteiger partial charge in [-0.2, -0.15) is 0 Å². The topological polar surface area (TPSA) is 89.1 Å². The van der Waals surface area contributed by atoms with Crippen LogP contribution >= 0.6 is 0 Å². The number of carbonyl (C=O) groups is 1.